The van der Waals surface area contributed by atoms with Gasteiger partial charge in [0.1, 0.15) is 11.4 Å². The molecule has 0 aliphatic carbocycles. The van der Waals surface area contributed by atoms with Gasteiger partial charge in [0.25, 0.3) is 5.56 Å². The van der Waals surface area contributed by atoms with Crippen LogP contribution in [0.15, 0.2) is 71.5 Å². The second kappa shape index (κ2) is 7.24. The van der Waals surface area contributed by atoms with E-state index < -0.39 is 22.8 Å². The Bertz CT molecular complexity index is 1290. The second-order valence-corrected chi connectivity index (χ2v) is 6.82. The molecule has 6 heteroatoms. The molecule has 0 aliphatic rings. The van der Waals surface area contributed by atoms with E-state index in [-0.39, 0.29) is 11.0 Å². The van der Waals surface area contributed by atoms with Crippen LogP contribution in [0.2, 0.25) is 0 Å². The highest BCUT2D eigenvalue weighted by Gasteiger charge is 2.21. The number of aryl methyl sites for hydroxylation is 1. The first-order valence-corrected chi connectivity index (χ1v) is 9.05. The lowest BCUT2D eigenvalue weighted by Gasteiger charge is -2.11. The number of aromatic carboxylic acids is 1. The van der Waals surface area contributed by atoms with Crippen molar-refractivity contribution in [3.05, 3.63) is 93.8 Å². The maximum Gasteiger partial charge on any atom is 0.345 e. The Morgan fingerprint density at radius 3 is 2.45 bits per heavy atom. The predicted molar refractivity (Wildman–Crippen MR) is 110 cm³/mol. The van der Waals surface area contributed by atoms with E-state index in [9.17, 15) is 19.8 Å². The van der Waals surface area contributed by atoms with E-state index in [0.29, 0.717) is 5.69 Å². The molecule has 2 N–H and O–H groups in total. The lowest BCUT2D eigenvalue weighted by Crippen LogP contribution is -2.25. The fraction of sp³-hybridized carbons (Fsp3) is 0.0870. The summed E-state index contributed by atoms with van der Waals surface area (Å²) in [7, 11) is 1.44. The molecule has 29 heavy (non-hydrogen) atoms. The zero-order chi connectivity index (χ0) is 20.5. The predicted octanol–water partition coefficient (Wildman–Crippen LogP) is 3.60. The minimum absolute atomic E-state index is 0.216. The van der Waals surface area contributed by atoms with Gasteiger partial charge in [0, 0.05) is 12.6 Å². The lowest BCUT2D eigenvalue weighted by molar-refractivity contribution is 0.0691. The molecule has 0 unspecified atom stereocenters. The third kappa shape index (κ3) is 3.36. The number of hydrogen-bond donors (Lipinski definition) is 2. The number of nitrogens with zero attached hydrogens (tertiary/aromatic N) is 2. The van der Waals surface area contributed by atoms with Crippen LogP contribution in [0, 0.1) is 0 Å². The topological polar surface area (TPSA) is 92.4 Å². The summed E-state index contributed by atoms with van der Waals surface area (Å²) in [6.07, 6.45) is 0.781. The van der Waals surface area contributed by atoms with Crippen LogP contribution in [0.25, 0.3) is 22.3 Å². The van der Waals surface area contributed by atoms with Crippen LogP contribution in [0.3, 0.4) is 0 Å². The fourth-order valence-corrected chi connectivity index (χ4v) is 3.41. The second-order valence-electron chi connectivity index (χ2n) is 6.82. The molecule has 0 spiro atoms. The van der Waals surface area contributed by atoms with E-state index in [1.165, 1.54) is 12.6 Å². The van der Waals surface area contributed by atoms with E-state index in [1.807, 2.05) is 42.5 Å². The van der Waals surface area contributed by atoms with Gasteiger partial charge in [-0.1, -0.05) is 48.5 Å². The summed E-state index contributed by atoms with van der Waals surface area (Å²) in [6, 6.07) is 21.4. The third-order valence-electron chi connectivity index (χ3n) is 4.89. The number of pyridine rings is 2. The Kier molecular flexibility index (Phi) is 4.60. The van der Waals surface area contributed by atoms with Gasteiger partial charge >= 0.3 is 5.97 Å². The number of fused-ring (bicyclic) bond motifs is 1. The van der Waals surface area contributed by atoms with Crippen molar-refractivity contribution in [3.8, 4) is 17.0 Å². The Balaban J connectivity index is 1.80. The quantitative estimate of drug-likeness (QED) is 0.559. The van der Waals surface area contributed by atoms with Gasteiger partial charge in [-0.2, -0.15) is 0 Å². The minimum Gasteiger partial charge on any atom is -0.506 e. The zero-order valence-corrected chi connectivity index (χ0v) is 15.7. The van der Waals surface area contributed by atoms with Gasteiger partial charge in [-0.15, -0.1) is 0 Å². The Labute approximate surface area is 166 Å². The van der Waals surface area contributed by atoms with Crippen molar-refractivity contribution in [2.45, 2.75) is 6.42 Å². The van der Waals surface area contributed by atoms with Gasteiger partial charge in [-0.25, -0.2) is 9.78 Å². The number of aromatic hydroxyl groups is 1. The Morgan fingerprint density at radius 1 is 1.00 bits per heavy atom. The van der Waals surface area contributed by atoms with Gasteiger partial charge in [0.15, 0.2) is 5.56 Å². The van der Waals surface area contributed by atoms with Crippen molar-refractivity contribution in [2.75, 3.05) is 0 Å². The van der Waals surface area contributed by atoms with Crippen LogP contribution in [0.1, 0.15) is 21.5 Å². The molecule has 0 aliphatic heterocycles. The van der Waals surface area contributed by atoms with Gasteiger partial charge in [-0.05, 0) is 35.7 Å². The zero-order valence-electron chi connectivity index (χ0n) is 15.7. The van der Waals surface area contributed by atoms with Crippen LogP contribution < -0.4 is 5.56 Å². The minimum atomic E-state index is -1.47. The summed E-state index contributed by atoms with van der Waals surface area (Å²) >= 11 is 0. The molecule has 6 nitrogen and oxygen atoms in total. The molecule has 2 aromatic carbocycles. The highest BCUT2D eigenvalue weighted by atomic mass is 16.4. The number of carboxylic acids is 1. The molecule has 0 radical (unpaired) electrons. The standard InChI is InChI=1S/C23H18N2O4/c1-25-21-17(20(26)19(22(25)27)23(28)29)10-11-18(24-21)16-9-5-8-15(13-16)12-14-6-3-2-4-7-14/h2-11,13,26H,12H2,1H3,(H,28,29). The van der Waals surface area contributed by atoms with Crippen LogP contribution in [0.4, 0.5) is 0 Å². The van der Waals surface area contributed by atoms with Gasteiger partial charge in [-0.3, -0.25) is 9.36 Å². The fourth-order valence-electron chi connectivity index (χ4n) is 3.41. The molecular formula is C23H18N2O4. The molecular weight excluding hydrogens is 368 g/mol. The summed E-state index contributed by atoms with van der Waals surface area (Å²) in [6.45, 7) is 0. The van der Waals surface area contributed by atoms with Crippen LogP contribution in [-0.4, -0.2) is 25.7 Å². The molecule has 4 aromatic rings. The van der Waals surface area contributed by atoms with Crippen molar-refractivity contribution >= 4 is 17.0 Å². The Morgan fingerprint density at radius 2 is 1.72 bits per heavy atom. The van der Waals surface area contributed by atoms with E-state index in [0.717, 1.165) is 22.1 Å². The summed E-state index contributed by atoms with van der Waals surface area (Å²) in [4.78, 5) is 28.2. The highest BCUT2D eigenvalue weighted by Crippen LogP contribution is 2.28. The van der Waals surface area contributed by atoms with Crippen LogP contribution in [0.5, 0.6) is 5.75 Å². The summed E-state index contributed by atoms with van der Waals surface area (Å²) in [5.41, 5.74) is 2.59. The molecule has 0 fully saturated rings. The number of rotatable bonds is 4. The largest absolute Gasteiger partial charge is 0.506 e. The van der Waals surface area contributed by atoms with E-state index in [4.69, 9.17) is 0 Å². The average molecular weight is 386 g/mol. The first kappa shape index (κ1) is 18.4. The molecule has 0 saturated carbocycles. The molecule has 2 aromatic heterocycles. The van der Waals surface area contributed by atoms with Gasteiger partial charge in [0.05, 0.1) is 11.1 Å². The highest BCUT2D eigenvalue weighted by molar-refractivity contribution is 5.98. The number of aromatic nitrogens is 2. The first-order valence-electron chi connectivity index (χ1n) is 9.05. The SMILES string of the molecule is Cn1c(=O)c(C(=O)O)c(O)c2ccc(-c3cccc(Cc4ccccc4)c3)nc21. The van der Waals surface area contributed by atoms with Crippen LogP contribution >= 0.6 is 0 Å². The number of hydrogen-bond acceptors (Lipinski definition) is 4. The van der Waals surface area contributed by atoms with Crippen molar-refractivity contribution in [2.24, 2.45) is 7.05 Å². The van der Waals surface area contributed by atoms with E-state index in [2.05, 4.69) is 17.1 Å². The van der Waals surface area contributed by atoms with E-state index >= 15 is 0 Å². The van der Waals surface area contributed by atoms with Crippen molar-refractivity contribution in [3.63, 3.8) is 0 Å². The third-order valence-corrected chi connectivity index (χ3v) is 4.89. The normalized spacial score (nSPS) is 10.9. The number of benzene rings is 2. The summed E-state index contributed by atoms with van der Waals surface area (Å²) < 4.78 is 1.15. The first-order chi connectivity index (χ1) is 14.0. The van der Waals surface area contributed by atoms with Crippen molar-refractivity contribution in [1.29, 1.82) is 0 Å². The average Bonchev–Trinajstić information content (AvgIpc) is 2.72. The lowest BCUT2D eigenvalue weighted by atomic mass is 10.0. The van der Waals surface area contributed by atoms with Crippen molar-refractivity contribution < 1.29 is 15.0 Å². The van der Waals surface area contributed by atoms with Gasteiger partial charge < -0.3 is 10.2 Å². The monoisotopic (exact) mass is 386 g/mol. The molecule has 0 bridgehead atoms. The Hall–Kier alpha value is -3.93. The summed E-state index contributed by atoms with van der Waals surface area (Å²) in [5.74, 6) is -2.03. The molecule has 2 heterocycles. The van der Waals surface area contributed by atoms with Crippen LogP contribution in [-0.2, 0) is 13.5 Å². The van der Waals surface area contributed by atoms with Crippen molar-refractivity contribution in [1.82, 2.24) is 9.55 Å². The summed E-state index contributed by atoms with van der Waals surface area (Å²) in [5, 5.41) is 19.7. The number of carbonyl (C=O) groups is 1. The molecule has 0 amide bonds. The molecule has 144 valence electrons. The molecule has 0 atom stereocenters. The molecule has 4 rings (SSSR count). The number of carboxylic acid groups (broad SMARTS) is 1. The maximum atomic E-state index is 12.3. The van der Waals surface area contributed by atoms with Gasteiger partial charge in [0.2, 0.25) is 0 Å². The van der Waals surface area contributed by atoms with E-state index in [1.54, 1.807) is 12.1 Å². The maximum absolute atomic E-state index is 12.3. The smallest absolute Gasteiger partial charge is 0.345 e. The molecule has 0 saturated heterocycles.